The number of hydrogen-bond donors (Lipinski definition) is 1. The highest BCUT2D eigenvalue weighted by Crippen LogP contribution is 2.23. The molecule has 136 valence electrons. The molecule has 2 aromatic carbocycles. The minimum absolute atomic E-state index is 0.0460. The summed E-state index contributed by atoms with van der Waals surface area (Å²) in [5.74, 6) is 1.54. The van der Waals surface area contributed by atoms with Crippen molar-refractivity contribution in [1.29, 1.82) is 0 Å². The van der Waals surface area contributed by atoms with E-state index in [9.17, 15) is 4.79 Å². The third-order valence-electron chi connectivity index (χ3n) is 4.30. The first kappa shape index (κ1) is 18.0. The molecule has 0 aliphatic heterocycles. The van der Waals surface area contributed by atoms with Crippen molar-refractivity contribution in [2.24, 2.45) is 0 Å². The Bertz CT molecular complexity index is 855. The van der Waals surface area contributed by atoms with Crippen molar-refractivity contribution in [3.05, 3.63) is 65.9 Å². The monoisotopic (exact) mass is 352 g/mol. The molecule has 0 radical (unpaired) electrons. The standard InChI is InChI=1S/C21H24N2O3/c1-15(20-12-16-8-4-7-11-19(16)26-20)22-21(24)14-23(2)13-17-9-5-6-10-18(17)25-3/h4-12,15H,13-14H2,1-3H3,(H,22,24). The van der Waals surface area contributed by atoms with Gasteiger partial charge in [-0.2, -0.15) is 0 Å². The first-order valence-electron chi connectivity index (χ1n) is 8.65. The number of methoxy groups -OCH3 is 1. The van der Waals surface area contributed by atoms with Crippen molar-refractivity contribution >= 4 is 16.9 Å². The molecule has 1 unspecified atom stereocenters. The van der Waals surface area contributed by atoms with Gasteiger partial charge in [0.05, 0.1) is 19.7 Å². The molecule has 3 aromatic rings. The van der Waals surface area contributed by atoms with Crippen LogP contribution in [-0.2, 0) is 11.3 Å². The highest BCUT2D eigenvalue weighted by molar-refractivity contribution is 5.80. The third kappa shape index (κ3) is 4.24. The minimum atomic E-state index is -0.186. The van der Waals surface area contributed by atoms with Gasteiger partial charge < -0.3 is 14.5 Å². The summed E-state index contributed by atoms with van der Waals surface area (Å²) < 4.78 is 11.2. The van der Waals surface area contributed by atoms with Crippen LogP contribution < -0.4 is 10.1 Å². The topological polar surface area (TPSA) is 54.7 Å². The van der Waals surface area contributed by atoms with Crippen LogP contribution in [0.25, 0.3) is 11.0 Å². The predicted molar refractivity (Wildman–Crippen MR) is 102 cm³/mol. The average Bonchev–Trinajstić information content (AvgIpc) is 3.06. The van der Waals surface area contributed by atoms with Crippen LogP contribution in [0.4, 0.5) is 0 Å². The van der Waals surface area contributed by atoms with E-state index in [0.717, 1.165) is 28.0 Å². The molecule has 0 fully saturated rings. The van der Waals surface area contributed by atoms with Gasteiger partial charge in [0.25, 0.3) is 0 Å². The number of fused-ring (bicyclic) bond motifs is 1. The van der Waals surface area contributed by atoms with Crippen LogP contribution in [0.5, 0.6) is 5.75 Å². The zero-order valence-corrected chi connectivity index (χ0v) is 15.4. The zero-order chi connectivity index (χ0) is 18.5. The maximum atomic E-state index is 12.4. The van der Waals surface area contributed by atoms with Gasteiger partial charge >= 0.3 is 0 Å². The lowest BCUT2D eigenvalue weighted by Gasteiger charge is -2.19. The van der Waals surface area contributed by atoms with E-state index in [0.29, 0.717) is 13.1 Å². The first-order valence-corrected chi connectivity index (χ1v) is 8.65. The summed E-state index contributed by atoms with van der Waals surface area (Å²) in [6.07, 6.45) is 0. The number of likely N-dealkylation sites (N-methyl/N-ethyl adjacent to an activating group) is 1. The normalized spacial score (nSPS) is 12.3. The van der Waals surface area contributed by atoms with Gasteiger partial charge in [0.1, 0.15) is 17.1 Å². The molecular formula is C21H24N2O3. The van der Waals surface area contributed by atoms with Gasteiger partial charge in [-0.15, -0.1) is 0 Å². The minimum Gasteiger partial charge on any atom is -0.496 e. The molecule has 0 aliphatic rings. The number of nitrogens with zero attached hydrogens (tertiary/aromatic N) is 1. The van der Waals surface area contributed by atoms with Gasteiger partial charge in [0, 0.05) is 17.5 Å². The smallest absolute Gasteiger partial charge is 0.234 e. The second-order valence-corrected chi connectivity index (χ2v) is 6.46. The number of carbonyl (C=O) groups excluding carboxylic acids is 1. The molecule has 1 amide bonds. The summed E-state index contributed by atoms with van der Waals surface area (Å²) in [6, 6.07) is 17.4. The fourth-order valence-corrected chi connectivity index (χ4v) is 3.00. The molecule has 26 heavy (non-hydrogen) atoms. The molecule has 5 heteroatoms. The maximum Gasteiger partial charge on any atom is 0.234 e. The van der Waals surface area contributed by atoms with E-state index in [1.807, 2.05) is 73.5 Å². The van der Waals surface area contributed by atoms with Crippen molar-refractivity contribution < 1.29 is 13.9 Å². The molecular weight excluding hydrogens is 328 g/mol. The molecule has 1 atom stereocenters. The van der Waals surface area contributed by atoms with Crippen molar-refractivity contribution in [2.75, 3.05) is 20.7 Å². The summed E-state index contributed by atoms with van der Waals surface area (Å²) in [4.78, 5) is 14.3. The first-order chi connectivity index (χ1) is 12.6. The molecule has 0 saturated heterocycles. The number of benzene rings is 2. The number of carbonyl (C=O) groups is 1. The van der Waals surface area contributed by atoms with Crippen LogP contribution >= 0.6 is 0 Å². The summed E-state index contributed by atoms with van der Waals surface area (Å²) in [5, 5.41) is 4.04. The average molecular weight is 352 g/mol. The number of hydrogen-bond acceptors (Lipinski definition) is 4. The Morgan fingerprint density at radius 2 is 1.92 bits per heavy atom. The van der Waals surface area contributed by atoms with Crippen molar-refractivity contribution in [3.8, 4) is 5.75 Å². The van der Waals surface area contributed by atoms with E-state index in [4.69, 9.17) is 9.15 Å². The second kappa shape index (κ2) is 8.06. The van der Waals surface area contributed by atoms with Gasteiger partial charge in [-0.1, -0.05) is 36.4 Å². The lowest BCUT2D eigenvalue weighted by atomic mass is 10.2. The Labute approximate surface area is 153 Å². The van der Waals surface area contributed by atoms with Gasteiger partial charge in [-0.3, -0.25) is 9.69 Å². The van der Waals surface area contributed by atoms with Gasteiger partial charge in [-0.05, 0) is 32.2 Å². The fourth-order valence-electron chi connectivity index (χ4n) is 3.00. The van der Waals surface area contributed by atoms with Crippen molar-refractivity contribution in [1.82, 2.24) is 10.2 Å². The highest BCUT2D eigenvalue weighted by Gasteiger charge is 2.16. The van der Waals surface area contributed by atoms with Crippen LogP contribution in [-0.4, -0.2) is 31.5 Å². The number of furan rings is 1. The molecule has 0 spiro atoms. The van der Waals surface area contributed by atoms with Crippen molar-refractivity contribution in [2.45, 2.75) is 19.5 Å². The Hall–Kier alpha value is -2.79. The number of amides is 1. The SMILES string of the molecule is COc1ccccc1CN(C)CC(=O)NC(C)c1cc2ccccc2o1. The molecule has 0 saturated carbocycles. The van der Waals surface area contributed by atoms with Crippen molar-refractivity contribution in [3.63, 3.8) is 0 Å². The van der Waals surface area contributed by atoms with E-state index < -0.39 is 0 Å². The fraction of sp³-hybridized carbons (Fsp3) is 0.286. The highest BCUT2D eigenvalue weighted by atomic mass is 16.5. The van der Waals surface area contributed by atoms with Crippen LogP contribution in [0.1, 0.15) is 24.3 Å². The molecule has 1 heterocycles. The summed E-state index contributed by atoms with van der Waals surface area (Å²) in [5.41, 5.74) is 1.88. The Morgan fingerprint density at radius 3 is 2.69 bits per heavy atom. The second-order valence-electron chi connectivity index (χ2n) is 6.46. The van der Waals surface area contributed by atoms with E-state index >= 15 is 0 Å². The van der Waals surface area contributed by atoms with E-state index in [1.54, 1.807) is 7.11 Å². The molecule has 3 rings (SSSR count). The number of ether oxygens (including phenoxy) is 1. The van der Waals surface area contributed by atoms with Crippen LogP contribution in [0.2, 0.25) is 0 Å². The summed E-state index contributed by atoms with van der Waals surface area (Å²) in [6.45, 7) is 2.86. The quantitative estimate of drug-likeness (QED) is 0.704. The largest absolute Gasteiger partial charge is 0.496 e. The molecule has 0 aliphatic carbocycles. The van der Waals surface area contributed by atoms with E-state index in [2.05, 4.69) is 5.32 Å². The predicted octanol–water partition coefficient (Wildman–Crippen LogP) is 3.75. The number of nitrogens with one attached hydrogen (secondary N) is 1. The van der Waals surface area contributed by atoms with E-state index in [-0.39, 0.29) is 11.9 Å². The van der Waals surface area contributed by atoms with Gasteiger partial charge in [0.15, 0.2) is 0 Å². The zero-order valence-electron chi connectivity index (χ0n) is 15.4. The summed E-state index contributed by atoms with van der Waals surface area (Å²) in [7, 11) is 3.57. The maximum absolute atomic E-state index is 12.4. The molecule has 0 bridgehead atoms. The van der Waals surface area contributed by atoms with Crippen LogP contribution in [0, 0.1) is 0 Å². The number of rotatable bonds is 7. The Morgan fingerprint density at radius 1 is 1.19 bits per heavy atom. The van der Waals surface area contributed by atoms with Crippen LogP contribution in [0.15, 0.2) is 59.0 Å². The molecule has 1 N–H and O–H groups in total. The van der Waals surface area contributed by atoms with E-state index in [1.165, 1.54) is 0 Å². The Balaban J connectivity index is 1.57. The van der Waals surface area contributed by atoms with Gasteiger partial charge in [-0.25, -0.2) is 0 Å². The summed E-state index contributed by atoms with van der Waals surface area (Å²) >= 11 is 0. The lowest BCUT2D eigenvalue weighted by Crippen LogP contribution is -2.36. The lowest BCUT2D eigenvalue weighted by molar-refractivity contribution is -0.122. The number of para-hydroxylation sites is 2. The third-order valence-corrected chi connectivity index (χ3v) is 4.30. The molecule has 5 nitrogen and oxygen atoms in total. The van der Waals surface area contributed by atoms with Gasteiger partial charge in [0.2, 0.25) is 5.91 Å². The molecule has 1 aromatic heterocycles. The van der Waals surface area contributed by atoms with Crippen LogP contribution in [0.3, 0.4) is 0 Å². The Kier molecular flexibility index (Phi) is 5.58.